The van der Waals surface area contributed by atoms with E-state index < -0.39 is 20.6 Å². The molecule has 128 valence electrons. The van der Waals surface area contributed by atoms with Crippen molar-refractivity contribution in [3.8, 4) is 0 Å². The number of aryl methyl sites for hydroxylation is 1. The molecule has 5 heteroatoms. The summed E-state index contributed by atoms with van der Waals surface area (Å²) in [5, 5.41) is -0.665. The van der Waals surface area contributed by atoms with Gasteiger partial charge in [0.1, 0.15) is 0 Å². The third kappa shape index (κ3) is 2.88. The largest absolute Gasteiger partial charge is 0.380 e. The van der Waals surface area contributed by atoms with Gasteiger partial charge < -0.3 is 10.5 Å². The van der Waals surface area contributed by atoms with E-state index in [1.54, 1.807) is 12.1 Å². The minimum absolute atomic E-state index is 0.235. The molecule has 24 heavy (non-hydrogen) atoms. The highest BCUT2D eigenvalue weighted by Gasteiger charge is 2.69. The number of hydrogen-bond donors (Lipinski definition) is 1. The normalized spacial score (nSPS) is 26.3. The van der Waals surface area contributed by atoms with E-state index in [-0.39, 0.29) is 12.5 Å². The van der Waals surface area contributed by atoms with Gasteiger partial charge in [-0.25, -0.2) is 8.42 Å². The molecule has 1 saturated carbocycles. The number of rotatable bonds is 6. The van der Waals surface area contributed by atoms with E-state index in [1.807, 2.05) is 56.3 Å². The molecule has 0 aliphatic heterocycles. The van der Waals surface area contributed by atoms with Crippen molar-refractivity contribution in [3.63, 3.8) is 0 Å². The van der Waals surface area contributed by atoms with Crippen LogP contribution in [0, 0.1) is 6.92 Å². The molecular weight excluding hydrogens is 322 g/mol. The second-order valence-electron chi connectivity index (χ2n) is 6.42. The van der Waals surface area contributed by atoms with Gasteiger partial charge in [0.2, 0.25) is 0 Å². The van der Waals surface area contributed by atoms with Gasteiger partial charge in [-0.1, -0.05) is 48.0 Å². The molecule has 0 unspecified atom stereocenters. The Morgan fingerprint density at radius 3 is 2.29 bits per heavy atom. The summed E-state index contributed by atoms with van der Waals surface area (Å²) >= 11 is 0. The summed E-state index contributed by atoms with van der Waals surface area (Å²) in [5.41, 5.74) is 7.58. The molecule has 3 atom stereocenters. The SMILES string of the molecule is CCOC[C@]1(N)[C@H](c2ccccc2)[C@H]1S(=O)(=O)c1ccc(C)cc1. The van der Waals surface area contributed by atoms with Gasteiger partial charge >= 0.3 is 0 Å². The van der Waals surface area contributed by atoms with E-state index in [2.05, 4.69) is 0 Å². The molecule has 2 aromatic rings. The van der Waals surface area contributed by atoms with Crippen molar-refractivity contribution in [1.29, 1.82) is 0 Å². The molecule has 0 spiro atoms. The van der Waals surface area contributed by atoms with Crippen molar-refractivity contribution in [3.05, 3.63) is 65.7 Å². The first-order valence-corrected chi connectivity index (χ1v) is 9.68. The average Bonchev–Trinajstić information content (AvgIpc) is 3.21. The topological polar surface area (TPSA) is 69.4 Å². The van der Waals surface area contributed by atoms with Crippen LogP contribution in [0.2, 0.25) is 0 Å². The minimum atomic E-state index is -3.52. The van der Waals surface area contributed by atoms with Gasteiger partial charge in [0.15, 0.2) is 9.84 Å². The van der Waals surface area contributed by atoms with E-state index in [1.165, 1.54) is 0 Å². The Morgan fingerprint density at radius 2 is 1.71 bits per heavy atom. The lowest BCUT2D eigenvalue weighted by atomic mass is 10.1. The van der Waals surface area contributed by atoms with Crippen molar-refractivity contribution in [2.24, 2.45) is 5.73 Å². The van der Waals surface area contributed by atoms with Crippen LogP contribution in [0.25, 0.3) is 0 Å². The van der Waals surface area contributed by atoms with Crippen molar-refractivity contribution < 1.29 is 13.2 Å². The molecule has 0 radical (unpaired) electrons. The molecule has 1 aliphatic rings. The average molecular weight is 345 g/mol. The van der Waals surface area contributed by atoms with Gasteiger partial charge in [-0.2, -0.15) is 0 Å². The van der Waals surface area contributed by atoms with E-state index in [0.29, 0.717) is 11.5 Å². The molecule has 1 aliphatic carbocycles. The third-order valence-corrected chi connectivity index (χ3v) is 7.01. The molecule has 0 amide bonds. The van der Waals surface area contributed by atoms with Gasteiger partial charge in [0.25, 0.3) is 0 Å². The summed E-state index contributed by atoms with van der Waals surface area (Å²) in [6, 6.07) is 16.5. The Balaban J connectivity index is 1.99. The van der Waals surface area contributed by atoms with E-state index in [9.17, 15) is 8.42 Å². The molecule has 1 fully saturated rings. The van der Waals surface area contributed by atoms with Crippen LogP contribution in [-0.4, -0.2) is 32.4 Å². The summed E-state index contributed by atoms with van der Waals surface area (Å²) in [6.45, 7) is 4.56. The first-order valence-electron chi connectivity index (χ1n) is 8.13. The van der Waals surface area contributed by atoms with Gasteiger partial charge in [-0.3, -0.25) is 0 Å². The zero-order chi connectivity index (χ0) is 17.4. The predicted molar refractivity (Wildman–Crippen MR) is 94.7 cm³/mol. The maximum Gasteiger partial charge on any atom is 0.183 e. The van der Waals surface area contributed by atoms with E-state index in [0.717, 1.165) is 11.1 Å². The molecule has 0 bridgehead atoms. The summed E-state index contributed by atoms with van der Waals surface area (Å²) in [6.07, 6.45) is 0. The van der Waals surface area contributed by atoms with Crippen LogP contribution in [0.15, 0.2) is 59.5 Å². The molecule has 2 aromatic carbocycles. The second kappa shape index (κ2) is 6.31. The Kier molecular flexibility index (Phi) is 4.51. The van der Waals surface area contributed by atoms with Gasteiger partial charge in [-0.15, -0.1) is 0 Å². The van der Waals surface area contributed by atoms with Crippen LogP contribution in [0.5, 0.6) is 0 Å². The van der Waals surface area contributed by atoms with Crippen molar-refractivity contribution in [2.75, 3.05) is 13.2 Å². The van der Waals surface area contributed by atoms with E-state index >= 15 is 0 Å². The molecule has 4 nitrogen and oxygen atoms in total. The fraction of sp³-hybridized carbons (Fsp3) is 0.368. The molecule has 0 heterocycles. The number of ether oxygens (including phenoxy) is 1. The van der Waals surface area contributed by atoms with Crippen LogP contribution >= 0.6 is 0 Å². The monoisotopic (exact) mass is 345 g/mol. The van der Waals surface area contributed by atoms with Crippen molar-refractivity contribution in [2.45, 2.75) is 35.4 Å². The highest BCUT2D eigenvalue weighted by molar-refractivity contribution is 7.92. The summed E-state index contributed by atoms with van der Waals surface area (Å²) in [4.78, 5) is 0.322. The molecule has 0 saturated heterocycles. The maximum atomic E-state index is 13.1. The van der Waals surface area contributed by atoms with Crippen LogP contribution in [0.3, 0.4) is 0 Å². The maximum absolute atomic E-state index is 13.1. The number of sulfone groups is 1. The number of benzene rings is 2. The quantitative estimate of drug-likeness (QED) is 0.874. The molecular formula is C19H23NO3S. The summed E-state index contributed by atoms with van der Waals surface area (Å²) < 4.78 is 31.8. The summed E-state index contributed by atoms with van der Waals surface area (Å²) in [5.74, 6) is -0.253. The molecule has 2 N–H and O–H groups in total. The zero-order valence-electron chi connectivity index (χ0n) is 14.0. The Bertz CT molecular complexity index is 802. The molecule has 0 aromatic heterocycles. The Labute approximate surface area is 143 Å². The zero-order valence-corrected chi connectivity index (χ0v) is 14.8. The Morgan fingerprint density at radius 1 is 1.08 bits per heavy atom. The molecule has 3 rings (SSSR count). The fourth-order valence-electron chi connectivity index (χ4n) is 3.36. The van der Waals surface area contributed by atoms with Crippen LogP contribution in [-0.2, 0) is 14.6 Å². The van der Waals surface area contributed by atoms with E-state index in [4.69, 9.17) is 10.5 Å². The van der Waals surface area contributed by atoms with Crippen LogP contribution < -0.4 is 5.73 Å². The van der Waals surface area contributed by atoms with Crippen molar-refractivity contribution >= 4 is 9.84 Å². The lowest BCUT2D eigenvalue weighted by Crippen LogP contribution is -2.36. The second-order valence-corrected chi connectivity index (χ2v) is 8.49. The lowest BCUT2D eigenvalue weighted by Gasteiger charge is -2.12. The first kappa shape index (κ1) is 17.1. The predicted octanol–water partition coefficient (Wildman–Crippen LogP) is 2.67. The third-order valence-electron chi connectivity index (χ3n) is 4.70. The standard InChI is InChI=1S/C19H23NO3S/c1-3-23-13-19(20)17(15-7-5-4-6-8-15)18(19)24(21,22)16-11-9-14(2)10-12-16/h4-12,17-18H,3,13,20H2,1-2H3/t17-,18-,19+/m1/s1. The Hall–Kier alpha value is -1.69. The van der Waals surface area contributed by atoms with Crippen LogP contribution in [0.4, 0.5) is 0 Å². The van der Waals surface area contributed by atoms with Gasteiger partial charge in [0.05, 0.1) is 22.3 Å². The van der Waals surface area contributed by atoms with Crippen molar-refractivity contribution in [1.82, 2.24) is 0 Å². The first-order chi connectivity index (χ1) is 11.4. The number of hydrogen-bond acceptors (Lipinski definition) is 4. The summed E-state index contributed by atoms with van der Waals surface area (Å²) in [7, 11) is -3.52. The lowest BCUT2D eigenvalue weighted by molar-refractivity contribution is 0.125. The fourth-order valence-corrected chi connectivity index (χ4v) is 5.65. The van der Waals surface area contributed by atoms with Gasteiger partial charge in [-0.05, 0) is 31.5 Å². The van der Waals surface area contributed by atoms with Crippen LogP contribution in [0.1, 0.15) is 24.0 Å². The van der Waals surface area contributed by atoms with Gasteiger partial charge in [0, 0.05) is 12.5 Å². The number of nitrogens with two attached hydrogens (primary N) is 1. The highest BCUT2D eigenvalue weighted by Crippen LogP contribution is 2.55. The smallest absolute Gasteiger partial charge is 0.183 e. The minimum Gasteiger partial charge on any atom is -0.380 e. The highest BCUT2D eigenvalue weighted by atomic mass is 32.2.